The average molecular weight is 138 g/mol. The molecule has 5 heteroatoms. The molecule has 1 heterocycles. The first-order chi connectivity index (χ1) is 3.80. The first-order valence-corrected chi connectivity index (χ1v) is 3.35. The normalized spacial score (nSPS) is 32.9. The molecule has 48 valence electrons. The molecule has 0 radical (unpaired) electrons. The Bertz CT molecular complexity index is 97.5. The molecule has 1 N–H and O–H groups in total. The van der Waals surface area contributed by atoms with Crippen LogP contribution in [-0.4, -0.2) is 20.8 Å². The second kappa shape index (κ2) is 2.54. The molecule has 0 saturated carbocycles. The predicted molar refractivity (Wildman–Crippen MR) is 26.2 cm³/mol. The van der Waals surface area contributed by atoms with Crippen LogP contribution < -0.4 is 0 Å². The Balaban J connectivity index is 2.35. The minimum Gasteiger partial charge on any atom is -0.304 e. The molecule has 0 aromatic carbocycles. The molecule has 1 rings (SSSR count). The van der Waals surface area contributed by atoms with Crippen LogP contribution in [-0.2, 0) is 20.9 Å². The summed E-state index contributed by atoms with van der Waals surface area (Å²) >= 11 is -1.89. The van der Waals surface area contributed by atoms with E-state index in [2.05, 4.69) is 9.78 Å². The first-order valence-electron chi connectivity index (χ1n) is 2.18. The maximum Gasteiger partial charge on any atom is 0.195 e. The fraction of sp³-hybridized carbons (Fsp3) is 1.00. The monoisotopic (exact) mass is 138 g/mol. The van der Waals surface area contributed by atoms with Crippen LogP contribution in [0.15, 0.2) is 0 Å². The van der Waals surface area contributed by atoms with E-state index in [4.69, 9.17) is 4.55 Å². The second-order valence-corrected chi connectivity index (χ2v) is 2.49. The second-order valence-electron chi connectivity index (χ2n) is 1.41. The van der Waals surface area contributed by atoms with Gasteiger partial charge in [0.2, 0.25) is 0 Å². The Labute approximate surface area is 49.0 Å². The molecule has 1 saturated heterocycles. The van der Waals surface area contributed by atoms with Crippen molar-refractivity contribution in [1.29, 1.82) is 0 Å². The van der Waals surface area contributed by atoms with Crippen molar-refractivity contribution in [2.24, 2.45) is 0 Å². The molecule has 2 atom stereocenters. The van der Waals surface area contributed by atoms with Crippen molar-refractivity contribution in [3.05, 3.63) is 0 Å². The summed E-state index contributed by atoms with van der Waals surface area (Å²) in [6.07, 6.45) is 0.503. The molecule has 0 bridgehead atoms. The van der Waals surface area contributed by atoms with Gasteiger partial charge in [0.05, 0.1) is 6.61 Å². The molecule has 4 nitrogen and oxygen atoms in total. The van der Waals surface area contributed by atoms with E-state index < -0.39 is 16.5 Å². The van der Waals surface area contributed by atoms with Gasteiger partial charge in [-0.25, -0.2) is 14.0 Å². The van der Waals surface area contributed by atoms with Gasteiger partial charge in [-0.05, 0) is 0 Å². The standard InChI is InChI=1S/C3H6O4S/c4-8(5)3-1-2-6-7-3/h3H,1-2H2,(H,4,5). The highest BCUT2D eigenvalue weighted by Crippen LogP contribution is 2.10. The van der Waals surface area contributed by atoms with E-state index in [1.54, 1.807) is 0 Å². The maximum atomic E-state index is 10.1. The molecular weight excluding hydrogens is 132 g/mol. The molecule has 0 spiro atoms. The lowest BCUT2D eigenvalue weighted by atomic mass is 10.5. The molecule has 8 heavy (non-hydrogen) atoms. The lowest BCUT2D eigenvalue weighted by Gasteiger charge is -1.96. The van der Waals surface area contributed by atoms with Gasteiger partial charge in [-0.15, -0.1) is 0 Å². The molecule has 0 aromatic heterocycles. The third-order valence-corrected chi connectivity index (χ3v) is 1.60. The van der Waals surface area contributed by atoms with Crippen LogP contribution in [0.25, 0.3) is 0 Å². The van der Waals surface area contributed by atoms with Gasteiger partial charge in [0.1, 0.15) is 0 Å². The van der Waals surface area contributed by atoms with E-state index in [1.165, 1.54) is 0 Å². The molecule has 1 fully saturated rings. The molecule has 0 aromatic rings. The minimum atomic E-state index is -1.89. The maximum absolute atomic E-state index is 10.1. The van der Waals surface area contributed by atoms with Crippen LogP contribution in [0.1, 0.15) is 6.42 Å². The van der Waals surface area contributed by atoms with Crippen LogP contribution >= 0.6 is 0 Å². The quantitative estimate of drug-likeness (QED) is 0.405. The lowest BCUT2D eigenvalue weighted by Crippen LogP contribution is -2.10. The van der Waals surface area contributed by atoms with Gasteiger partial charge in [-0.2, -0.15) is 0 Å². The summed E-state index contributed by atoms with van der Waals surface area (Å²) < 4.78 is 18.4. The Morgan fingerprint density at radius 1 is 1.75 bits per heavy atom. The first kappa shape index (κ1) is 6.15. The number of hydrogen-bond acceptors (Lipinski definition) is 3. The third-order valence-electron chi connectivity index (χ3n) is 0.837. The SMILES string of the molecule is O=S(O)C1CCOO1. The van der Waals surface area contributed by atoms with Crippen LogP contribution in [0.4, 0.5) is 0 Å². The van der Waals surface area contributed by atoms with Crippen LogP contribution in [0.2, 0.25) is 0 Å². The van der Waals surface area contributed by atoms with Crippen molar-refractivity contribution < 1.29 is 18.5 Å². The van der Waals surface area contributed by atoms with E-state index in [0.29, 0.717) is 13.0 Å². The Morgan fingerprint density at radius 3 is 2.75 bits per heavy atom. The number of rotatable bonds is 1. The predicted octanol–water partition coefficient (Wildman–Crippen LogP) is -0.114. The summed E-state index contributed by atoms with van der Waals surface area (Å²) in [6.45, 7) is 0.414. The number of hydrogen-bond donors (Lipinski definition) is 1. The van der Waals surface area contributed by atoms with E-state index in [1.807, 2.05) is 0 Å². The molecule has 2 unspecified atom stereocenters. The Kier molecular flexibility index (Phi) is 1.95. The van der Waals surface area contributed by atoms with Gasteiger partial charge in [-0.1, -0.05) is 0 Å². The summed E-state index contributed by atoms with van der Waals surface area (Å²) in [7, 11) is 0. The van der Waals surface area contributed by atoms with E-state index >= 15 is 0 Å². The van der Waals surface area contributed by atoms with Gasteiger partial charge in [0, 0.05) is 6.42 Å². The summed E-state index contributed by atoms with van der Waals surface area (Å²) in [5.74, 6) is 0. The fourth-order valence-corrected chi connectivity index (χ4v) is 0.872. The van der Waals surface area contributed by atoms with E-state index in [0.717, 1.165) is 0 Å². The Morgan fingerprint density at radius 2 is 2.50 bits per heavy atom. The van der Waals surface area contributed by atoms with Gasteiger partial charge in [0.15, 0.2) is 16.5 Å². The van der Waals surface area contributed by atoms with Crippen molar-refractivity contribution >= 4 is 11.1 Å². The van der Waals surface area contributed by atoms with E-state index in [9.17, 15) is 4.21 Å². The van der Waals surface area contributed by atoms with Gasteiger partial charge < -0.3 is 4.55 Å². The van der Waals surface area contributed by atoms with Gasteiger partial charge in [0.25, 0.3) is 0 Å². The summed E-state index contributed by atoms with van der Waals surface area (Å²) in [5, 5.41) is 0. The van der Waals surface area contributed by atoms with Gasteiger partial charge >= 0.3 is 0 Å². The van der Waals surface area contributed by atoms with Gasteiger partial charge in [-0.3, -0.25) is 0 Å². The zero-order valence-electron chi connectivity index (χ0n) is 4.07. The van der Waals surface area contributed by atoms with Crippen LogP contribution in [0, 0.1) is 0 Å². The summed E-state index contributed by atoms with van der Waals surface area (Å²) in [5.41, 5.74) is -0.630. The highest BCUT2D eigenvalue weighted by atomic mass is 32.2. The molecule has 0 aliphatic carbocycles. The zero-order valence-corrected chi connectivity index (χ0v) is 4.89. The minimum absolute atomic E-state index is 0.414. The Hall–Kier alpha value is 0.0300. The summed E-state index contributed by atoms with van der Waals surface area (Å²) in [4.78, 5) is 8.73. The molecular formula is C3H6O4S. The zero-order chi connectivity index (χ0) is 5.98. The van der Waals surface area contributed by atoms with Crippen molar-refractivity contribution in [2.45, 2.75) is 11.9 Å². The summed E-state index contributed by atoms with van der Waals surface area (Å²) in [6, 6.07) is 0. The van der Waals surface area contributed by atoms with Crippen molar-refractivity contribution in [3.8, 4) is 0 Å². The fourth-order valence-electron chi connectivity index (χ4n) is 0.451. The third kappa shape index (κ3) is 1.25. The average Bonchev–Trinajstić information content (AvgIpc) is 2.12. The molecule has 1 aliphatic rings. The van der Waals surface area contributed by atoms with Crippen molar-refractivity contribution in [2.75, 3.05) is 6.61 Å². The topological polar surface area (TPSA) is 55.8 Å². The highest BCUT2D eigenvalue weighted by molar-refractivity contribution is 7.79. The van der Waals surface area contributed by atoms with Crippen LogP contribution in [0.5, 0.6) is 0 Å². The highest BCUT2D eigenvalue weighted by Gasteiger charge is 2.22. The lowest BCUT2D eigenvalue weighted by molar-refractivity contribution is -0.258. The molecule has 0 amide bonds. The van der Waals surface area contributed by atoms with Crippen molar-refractivity contribution in [3.63, 3.8) is 0 Å². The van der Waals surface area contributed by atoms with Crippen LogP contribution in [0.3, 0.4) is 0 Å². The largest absolute Gasteiger partial charge is 0.304 e. The molecule has 1 aliphatic heterocycles. The smallest absolute Gasteiger partial charge is 0.195 e. The van der Waals surface area contributed by atoms with Crippen molar-refractivity contribution in [1.82, 2.24) is 0 Å². The van der Waals surface area contributed by atoms with E-state index in [-0.39, 0.29) is 0 Å².